The van der Waals surface area contributed by atoms with Gasteiger partial charge in [0.1, 0.15) is 11.5 Å². The first-order valence-electron chi connectivity index (χ1n) is 16.3. The average molecular weight is 720 g/mol. The van der Waals surface area contributed by atoms with E-state index in [0.717, 1.165) is 6.07 Å². The molecule has 0 fully saturated rings. The fraction of sp³-hybridized carbons (Fsp3) is 0.486. The SMILES string of the molecule is COC(=O)[C@H]1C(C)C(O)C(C)[C@@H](O)[C@@H](C)/C=C/C=C(/C)C(=O)Nc2cc([O-])c3c4c(c(C)c(O)c3c2O)O[C@](C)(O/C=C/C(OC)[C@H]1C)C4=O.[Na+]. The molecule has 3 aliphatic rings. The van der Waals surface area contributed by atoms with Crippen LogP contribution in [0.25, 0.3) is 10.8 Å². The summed E-state index contributed by atoms with van der Waals surface area (Å²) in [5.74, 6) is -9.54. The number of esters is 1. The Hall–Kier alpha value is -3.59. The van der Waals surface area contributed by atoms with E-state index in [-0.39, 0.29) is 68.5 Å². The number of rotatable bonds is 2. The molecule has 5 bridgehead atoms. The molecular formula is C37H46NNaO12. The molecule has 14 heteroatoms. The minimum Gasteiger partial charge on any atom is -0.872 e. The van der Waals surface area contributed by atoms with Crippen LogP contribution in [0.2, 0.25) is 0 Å². The molecule has 0 radical (unpaired) electrons. The second-order valence-corrected chi connectivity index (χ2v) is 13.4. The number of anilines is 1. The van der Waals surface area contributed by atoms with Crippen molar-refractivity contribution >= 4 is 34.1 Å². The molecule has 5 rings (SSSR count). The first kappa shape index (κ1) is 41.8. The van der Waals surface area contributed by atoms with E-state index in [1.54, 1.807) is 39.8 Å². The van der Waals surface area contributed by atoms with Gasteiger partial charge in [0.25, 0.3) is 11.7 Å². The molecule has 13 nitrogen and oxygen atoms in total. The zero-order chi connectivity index (χ0) is 37.4. The maximum atomic E-state index is 13.9. The van der Waals surface area contributed by atoms with Crippen LogP contribution >= 0.6 is 0 Å². The van der Waals surface area contributed by atoms with Crippen molar-refractivity contribution in [1.29, 1.82) is 0 Å². The number of phenols is 2. The minimum atomic E-state index is -2.02. The van der Waals surface area contributed by atoms with E-state index in [9.17, 15) is 39.9 Å². The molecule has 0 spiro atoms. The summed E-state index contributed by atoms with van der Waals surface area (Å²) in [5.41, 5.74) is -0.278. The van der Waals surface area contributed by atoms with Gasteiger partial charge in [0.2, 0.25) is 0 Å². The zero-order valence-corrected chi connectivity index (χ0v) is 32.6. The Bertz CT molecular complexity index is 1770. The number of fused-ring (bicyclic) bond motifs is 14. The first-order chi connectivity index (χ1) is 23.4. The number of aromatic hydroxyl groups is 2. The van der Waals surface area contributed by atoms with Crippen molar-refractivity contribution in [2.24, 2.45) is 29.6 Å². The Labute approximate surface area is 319 Å². The van der Waals surface area contributed by atoms with Gasteiger partial charge in [0, 0.05) is 37.0 Å². The standard InChI is InChI=1S/C37H47NO12.Na/c1-16-11-10-12-17(2)35(45)38-22-15-23(39)26-27(32(22)43)31(42)21(6)33-28(26)34(44)37(7,50-33)49-14-13-24(47-8)18(3)25(36(46)48-9)19(4)30(41)20(5)29(16)40;/h10-16,18-20,24-25,29-30,39-43H,1-9H3,(H,38,45);/q;+1/p-1/b11-10+,14-13+,17-12-;/t16-,18+,19?,20?,24?,25+,29-,30?,37-;/m0./s1. The van der Waals surface area contributed by atoms with Crippen LogP contribution in [-0.2, 0) is 23.8 Å². The van der Waals surface area contributed by atoms with E-state index in [1.807, 2.05) is 0 Å². The third-order valence-electron chi connectivity index (χ3n) is 10.1. The van der Waals surface area contributed by atoms with Crippen molar-refractivity contribution in [2.45, 2.75) is 72.6 Å². The van der Waals surface area contributed by atoms with Crippen molar-refractivity contribution < 1.29 is 88.4 Å². The Balaban J connectivity index is 0.00000702. The molecule has 51 heavy (non-hydrogen) atoms. The molecule has 0 saturated carbocycles. The summed E-state index contributed by atoms with van der Waals surface area (Å²) in [4.78, 5) is 40.1. The van der Waals surface area contributed by atoms with Gasteiger partial charge in [0.15, 0.2) is 5.75 Å². The molecule has 272 valence electrons. The van der Waals surface area contributed by atoms with E-state index in [4.69, 9.17) is 18.9 Å². The molecule has 2 aromatic carbocycles. The van der Waals surface area contributed by atoms with Crippen LogP contribution in [0.5, 0.6) is 23.0 Å². The number of amides is 1. The van der Waals surface area contributed by atoms with Crippen molar-refractivity contribution in [3.8, 4) is 23.0 Å². The van der Waals surface area contributed by atoms with Crippen LogP contribution < -0.4 is 44.7 Å². The number of nitrogens with one attached hydrogen (secondary N) is 1. The first-order valence-corrected chi connectivity index (χ1v) is 16.3. The zero-order valence-electron chi connectivity index (χ0n) is 30.6. The second kappa shape index (κ2) is 16.4. The number of ketones is 1. The third-order valence-corrected chi connectivity index (χ3v) is 10.1. The van der Waals surface area contributed by atoms with Gasteiger partial charge >= 0.3 is 41.3 Å². The molecule has 1 amide bonds. The molecule has 4 unspecified atom stereocenters. The summed E-state index contributed by atoms with van der Waals surface area (Å²) in [5, 5.41) is 60.3. The van der Waals surface area contributed by atoms with Crippen molar-refractivity contribution in [2.75, 3.05) is 19.5 Å². The van der Waals surface area contributed by atoms with Gasteiger partial charge in [-0.2, -0.15) is 0 Å². The van der Waals surface area contributed by atoms with Gasteiger partial charge in [-0.15, -0.1) is 0 Å². The smallest absolute Gasteiger partial charge is 0.872 e. The number of carbonyl (C=O) groups excluding carboxylic acids is 3. The van der Waals surface area contributed by atoms with Crippen LogP contribution in [0.1, 0.15) is 57.5 Å². The number of ether oxygens (including phenoxy) is 4. The molecule has 0 aliphatic carbocycles. The number of carbonyl (C=O) groups is 3. The van der Waals surface area contributed by atoms with Gasteiger partial charge in [0.05, 0.1) is 54.2 Å². The number of hydrogen-bond donors (Lipinski definition) is 5. The van der Waals surface area contributed by atoms with Crippen LogP contribution in [0.4, 0.5) is 5.69 Å². The van der Waals surface area contributed by atoms with Gasteiger partial charge < -0.3 is 49.8 Å². The number of allylic oxidation sites excluding steroid dienone is 2. The van der Waals surface area contributed by atoms with Crippen molar-refractivity contribution in [3.05, 3.63) is 53.3 Å². The summed E-state index contributed by atoms with van der Waals surface area (Å²) in [6.45, 7) is 11.1. The van der Waals surface area contributed by atoms with Crippen LogP contribution in [0, 0.1) is 36.5 Å². The van der Waals surface area contributed by atoms with E-state index < -0.39 is 88.6 Å². The molecule has 5 N–H and O–H groups in total. The largest absolute Gasteiger partial charge is 1.00 e. The summed E-state index contributed by atoms with van der Waals surface area (Å²) in [7, 11) is 2.65. The van der Waals surface area contributed by atoms with E-state index in [1.165, 1.54) is 53.4 Å². The van der Waals surface area contributed by atoms with Gasteiger partial charge in [-0.3, -0.25) is 14.4 Å². The van der Waals surface area contributed by atoms with Crippen LogP contribution in [0.15, 0.2) is 42.2 Å². The summed E-state index contributed by atoms with van der Waals surface area (Å²) >= 11 is 0. The average Bonchev–Trinajstić information content (AvgIpc) is 3.34. The fourth-order valence-corrected chi connectivity index (χ4v) is 6.83. The van der Waals surface area contributed by atoms with Crippen LogP contribution in [-0.4, -0.2) is 76.4 Å². The predicted molar refractivity (Wildman–Crippen MR) is 182 cm³/mol. The maximum Gasteiger partial charge on any atom is 1.00 e. The second-order valence-electron chi connectivity index (χ2n) is 13.4. The Morgan fingerprint density at radius 1 is 0.961 bits per heavy atom. The monoisotopic (exact) mass is 719 g/mol. The molecule has 0 saturated heterocycles. The summed E-state index contributed by atoms with van der Waals surface area (Å²) in [6.07, 6.45) is 4.30. The van der Waals surface area contributed by atoms with Gasteiger partial charge in [-0.25, -0.2) is 0 Å². The number of aliphatic hydroxyl groups is 2. The number of aliphatic hydroxyl groups excluding tert-OH is 2. The number of Topliss-reactive ketones (excluding diaryl/α,β-unsaturated/α-hetero) is 1. The van der Waals surface area contributed by atoms with Crippen LogP contribution in [0.3, 0.4) is 0 Å². The molecule has 3 aliphatic heterocycles. The van der Waals surface area contributed by atoms with Crippen molar-refractivity contribution in [3.63, 3.8) is 0 Å². The summed E-state index contributed by atoms with van der Waals surface area (Å²) < 4.78 is 22.5. The summed E-state index contributed by atoms with van der Waals surface area (Å²) in [6, 6.07) is 0.949. The third kappa shape index (κ3) is 7.79. The molecule has 3 heterocycles. The van der Waals surface area contributed by atoms with Gasteiger partial charge in [-0.1, -0.05) is 51.7 Å². The Kier molecular flexibility index (Phi) is 13.4. The molecule has 2 aromatic rings. The Morgan fingerprint density at radius 2 is 1.61 bits per heavy atom. The number of benzene rings is 2. The maximum absolute atomic E-state index is 13.9. The fourth-order valence-electron chi connectivity index (χ4n) is 6.83. The molecule has 0 aromatic heterocycles. The number of phenolic OH excluding ortho intramolecular Hbond substituents is 2. The number of hydrogen-bond acceptors (Lipinski definition) is 12. The Morgan fingerprint density at radius 3 is 2.22 bits per heavy atom. The topological polar surface area (TPSA) is 204 Å². The van der Waals surface area contributed by atoms with Crippen molar-refractivity contribution in [1.82, 2.24) is 0 Å². The van der Waals surface area contributed by atoms with E-state index in [2.05, 4.69) is 5.32 Å². The van der Waals surface area contributed by atoms with E-state index in [0.29, 0.717) is 0 Å². The van der Waals surface area contributed by atoms with Gasteiger partial charge in [-0.05, 0) is 43.2 Å². The molecular weight excluding hydrogens is 673 g/mol. The van der Waals surface area contributed by atoms with E-state index >= 15 is 0 Å². The normalized spacial score (nSPS) is 32.6. The number of methoxy groups -OCH3 is 2. The predicted octanol–water partition coefficient (Wildman–Crippen LogP) is 0.984. The quantitative estimate of drug-likeness (QED) is 0.168. The molecule has 9 atom stereocenters. The minimum absolute atomic E-state index is 0.